The van der Waals surface area contributed by atoms with Gasteiger partial charge >= 0.3 is 0 Å². The Morgan fingerprint density at radius 1 is 0.974 bits per heavy atom. The molecule has 2 aromatic heterocycles. The predicted octanol–water partition coefficient (Wildman–Crippen LogP) is 2.39. The highest BCUT2D eigenvalue weighted by Crippen LogP contribution is 2.29. The van der Waals surface area contributed by atoms with Crippen molar-refractivity contribution in [3.63, 3.8) is 0 Å². The van der Waals surface area contributed by atoms with Gasteiger partial charge in [0, 0.05) is 12.6 Å². The fraction of sp³-hybridized carbons (Fsp3) is 0.276. The number of nitrogens with zero attached hydrogens (tertiary/aromatic N) is 2. The number of methoxy groups -OCH3 is 1. The summed E-state index contributed by atoms with van der Waals surface area (Å²) in [5.74, 6) is -0.564. The average molecular weight is 528 g/mol. The molecule has 5 rings (SSSR count). The summed E-state index contributed by atoms with van der Waals surface area (Å²) >= 11 is 0. The van der Waals surface area contributed by atoms with Crippen molar-refractivity contribution in [1.82, 2.24) is 25.6 Å². The molecule has 0 radical (unpaired) electrons. The van der Waals surface area contributed by atoms with Gasteiger partial charge in [-0.05, 0) is 48.7 Å². The molecule has 3 atom stereocenters. The number of epoxide rings is 1. The first kappa shape index (κ1) is 26.1. The lowest BCUT2D eigenvalue weighted by Crippen LogP contribution is -2.55. The fourth-order valence-corrected chi connectivity index (χ4v) is 4.34. The zero-order chi connectivity index (χ0) is 27.4. The molecule has 0 bridgehead atoms. The molecule has 10 heteroatoms. The van der Waals surface area contributed by atoms with Crippen LogP contribution in [0.5, 0.6) is 5.75 Å². The van der Waals surface area contributed by atoms with E-state index >= 15 is 0 Å². The van der Waals surface area contributed by atoms with Crippen molar-refractivity contribution in [3.8, 4) is 5.75 Å². The number of ether oxygens (including phenoxy) is 2. The Kier molecular flexibility index (Phi) is 7.38. The van der Waals surface area contributed by atoms with E-state index in [-0.39, 0.29) is 18.0 Å². The van der Waals surface area contributed by atoms with Gasteiger partial charge < -0.3 is 25.1 Å². The zero-order valence-electron chi connectivity index (χ0n) is 21.6. The molecule has 0 saturated carbocycles. The van der Waals surface area contributed by atoms with Crippen molar-refractivity contribution in [1.29, 1.82) is 0 Å². The van der Waals surface area contributed by atoms with Crippen LogP contribution < -0.4 is 15.4 Å². The molecule has 39 heavy (non-hydrogen) atoms. The fourth-order valence-electron chi connectivity index (χ4n) is 4.34. The number of carbonyl (C=O) groups is 3. The smallest absolute Gasteiger partial charge is 0.287 e. The van der Waals surface area contributed by atoms with E-state index in [0.717, 1.165) is 11.1 Å². The molecule has 3 heterocycles. The van der Waals surface area contributed by atoms with E-state index < -0.39 is 29.5 Å². The van der Waals surface area contributed by atoms with Crippen LogP contribution in [0, 0.1) is 0 Å². The number of carbonyl (C=O) groups excluding carboxylic acids is 3. The average Bonchev–Trinajstić information content (AvgIpc) is 3.56. The maximum Gasteiger partial charge on any atom is 0.287 e. The number of nitrogens with one attached hydrogen (secondary N) is 3. The highest BCUT2D eigenvalue weighted by molar-refractivity contribution is 6.00. The number of Topliss-reactive ketones (excluding diaryl/α,β-unsaturated/α-hetero) is 1. The second kappa shape index (κ2) is 11.0. The number of pyridine rings is 1. The Labute approximate surface area is 225 Å². The largest absolute Gasteiger partial charge is 0.497 e. The lowest BCUT2D eigenvalue weighted by atomic mass is 9.94. The van der Waals surface area contributed by atoms with E-state index in [0.29, 0.717) is 29.9 Å². The number of aromatic amines is 1. The molecule has 10 nitrogen and oxygen atoms in total. The van der Waals surface area contributed by atoms with Crippen LogP contribution in [-0.2, 0) is 27.2 Å². The normalized spacial score (nSPS) is 17.7. The Hall–Kier alpha value is -4.57. The van der Waals surface area contributed by atoms with Gasteiger partial charge in [-0.1, -0.05) is 42.5 Å². The van der Waals surface area contributed by atoms with Crippen LogP contribution in [0.1, 0.15) is 28.7 Å². The third kappa shape index (κ3) is 6.12. The standard InChI is InChI=1S/C29H29N5O5/c1-29(17-39-29)24(35)22(15-18-7-4-3-5-8-18)32-27(36)23(16-19-10-12-20(38-2)13-11-19)33-28(37)26-31-21-9-6-14-30-25(21)34-26/h3-14,22-23H,15-17H2,1-2H3,(H,32,36)(H,33,37)(H,30,31,34). The lowest BCUT2D eigenvalue weighted by molar-refractivity contribution is -0.131. The van der Waals surface area contributed by atoms with Crippen LogP contribution in [-0.4, -0.2) is 64.0 Å². The van der Waals surface area contributed by atoms with Gasteiger partial charge in [0.1, 0.15) is 17.4 Å². The van der Waals surface area contributed by atoms with Crippen molar-refractivity contribution in [2.75, 3.05) is 13.7 Å². The zero-order valence-corrected chi connectivity index (χ0v) is 21.6. The van der Waals surface area contributed by atoms with Gasteiger partial charge in [0.25, 0.3) is 5.91 Å². The molecule has 3 unspecified atom stereocenters. The van der Waals surface area contributed by atoms with E-state index in [1.807, 2.05) is 42.5 Å². The quantitative estimate of drug-likeness (QED) is 0.255. The first-order valence-electron chi connectivity index (χ1n) is 12.6. The lowest BCUT2D eigenvalue weighted by Gasteiger charge is -2.24. The molecule has 200 valence electrons. The second-order valence-corrected chi connectivity index (χ2v) is 9.67. The van der Waals surface area contributed by atoms with E-state index in [4.69, 9.17) is 9.47 Å². The monoisotopic (exact) mass is 527 g/mol. The summed E-state index contributed by atoms with van der Waals surface area (Å²) in [5, 5.41) is 5.67. The summed E-state index contributed by atoms with van der Waals surface area (Å²) in [6.07, 6.45) is 2.06. The Morgan fingerprint density at radius 3 is 2.33 bits per heavy atom. The molecule has 1 fully saturated rings. The molecular weight excluding hydrogens is 498 g/mol. The molecule has 0 spiro atoms. The third-order valence-corrected chi connectivity index (χ3v) is 6.71. The number of fused-ring (bicyclic) bond motifs is 1. The molecule has 2 aromatic carbocycles. The number of hydrogen-bond donors (Lipinski definition) is 3. The van der Waals surface area contributed by atoms with Crippen molar-refractivity contribution >= 4 is 28.8 Å². The van der Waals surface area contributed by atoms with Crippen molar-refractivity contribution in [3.05, 3.63) is 89.9 Å². The van der Waals surface area contributed by atoms with Crippen molar-refractivity contribution < 1.29 is 23.9 Å². The highest BCUT2D eigenvalue weighted by atomic mass is 16.6. The van der Waals surface area contributed by atoms with E-state index in [9.17, 15) is 14.4 Å². The molecule has 2 amide bonds. The number of benzene rings is 2. The molecule has 1 saturated heterocycles. The SMILES string of the molecule is COc1ccc(CC(NC(=O)c2nc3ncccc3[nH]2)C(=O)NC(Cc2ccccc2)C(=O)C2(C)CO2)cc1. The van der Waals surface area contributed by atoms with Crippen LogP contribution in [0.4, 0.5) is 0 Å². The van der Waals surface area contributed by atoms with E-state index in [2.05, 4.69) is 25.6 Å². The summed E-state index contributed by atoms with van der Waals surface area (Å²) in [6, 6.07) is 18.3. The van der Waals surface area contributed by atoms with Gasteiger partial charge in [-0.15, -0.1) is 0 Å². The van der Waals surface area contributed by atoms with Gasteiger partial charge in [-0.3, -0.25) is 14.4 Å². The molecule has 3 N–H and O–H groups in total. The number of H-pyrrole nitrogens is 1. The number of ketones is 1. The van der Waals surface area contributed by atoms with Gasteiger partial charge in [0.05, 0.1) is 25.3 Å². The number of aromatic nitrogens is 3. The van der Waals surface area contributed by atoms with Crippen molar-refractivity contribution in [2.24, 2.45) is 0 Å². The first-order valence-corrected chi connectivity index (χ1v) is 12.6. The number of imidazole rings is 1. The Morgan fingerprint density at radius 2 is 1.67 bits per heavy atom. The minimum atomic E-state index is -0.994. The predicted molar refractivity (Wildman–Crippen MR) is 143 cm³/mol. The molecule has 4 aromatic rings. The van der Waals surface area contributed by atoms with Crippen LogP contribution >= 0.6 is 0 Å². The number of hydrogen-bond acceptors (Lipinski definition) is 7. The Balaban J connectivity index is 1.39. The van der Waals surface area contributed by atoms with Crippen LogP contribution in [0.15, 0.2) is 72.9 Å². The maximum atomic E-state index is 13.7. The first-order chi connectivity index (χ1) is 18.8. The summed E-state index contributed by atoms with van der Waals surface area (Å²) < 4.78 is 10.6. The van der Waals surface area contributed by atoms with E-state index in [1.165, 1.54) is 0 Å². The van der Waals surface area contributed by atoms with Crippen LogP contribution in [0.2, 0.25) is 0 Å². The van der Waals surface area contributed by atoms with Crippen molar-refractivity contribution in [2.45, 2.75) is 37.5 Å². The number of rotatable bonds is 11. The molecule has 1 aliphatic heterocycles. The Bertz CT molecular complexity index is 1450. The third-order valence-electron chi connectivity index (χ3n) is 6.71. The minimum absolute atomic E-state index is 0.0343. The summed E-state index contributed by atoms with van der Waals surface area (Å²) in [7, 11) is 1.57. The molecule has 1 aliphatic rings. The van der Waals surface area contributed by atoms with Gasteiger partial charge in [0.2, 0.25) is 5.91 Å². The van der Waals surface area contributed by atoms with Gasteiger partial charge in [-0.2, -0.15) is 0 Å². The highest BCUT2D eigenvalue weighted by Gasteiger charge is 2.50. The summed E-state index contributed by atoms with van der Waals surface area (Å²) in [5.41, 5.74) is 1.76. The summed E-state index contributed by atoms with van der Waals surface area (Å²) in [4.78, 5) is 51.5. The maximum absolute atomic E-state index is 13.7. The van der Waals surface area contributed by atoms with Gasteiger partial charge in [0.15, 0.2) is 17.3 Å². The minimum Gasteiger partial charge on any atom is -0.497 e. The van der Waals surface area contributed by atoms with Crippen LogP contribution in [0.3, 0.4) is 0 Å². The second-order valence-electron chi connectivity index (χ2n) is 9.67. The van der Waals surface area contributed by atoms with Crippen LogP contribution in [0.25, 0.3) is 11.2 Å². The molecular formula is C29H29N5O5. The number of amides is 2. The van der Waals surface area contributed by atoms with E-state index in [1.54, 1.807) is 44.5 Å². The summed E-state index contributed by atoms with van der Waals surface area (Å²) in [6.45, 7) is 2.02. The topological polar surface area (TPSA) is 139 Å². The molecule has 0 aliphatic carbocycles. The van der Waals surface area contributed by atoms with Gasteiger partial charge in [-0.25, -0.2) is 9.97 Å².